The molecule has 18 heavy (non-hydrogen) atoms. The molecule has 0 bridgehead atoms. The molecule has 0 N–H and O–H groups in total. The molecule has 0 spiro atoms. The fourth-order valence-corrected chi connectivity index (χ4v) is 3.55. The van der Waals surface area contributed by atoms with E-state index in [1.807, 2.05) is 23.5 Å². The summed E-state index contributed by atoms with van der Waals surface area (Å²) in [4.78, 5) is 5.28. The molecule has 0 unspecified atom stereocenters. The molecule has 0 aromatic carbocycles. The average Bonchev–Trinajstić information content (AvgIpc) is 2.98. The van der Waals surface area contributed by atoms with Crippen molar-refractivity contribution in [2.75, 3.05) is 13.1 Å². The average molecular weight is 261 g/mol. The third-order valence-electron chi connectivity index (χ3n) is 3.50. The molecule has 2 aromatic heterocycles. The molecule has 3 heterocycles. The van der Waals surface area contributed by atoms with E-state index in [0.29, 0.717) is 0 Å². The number of rotatable bonds is 3. The Morgan fingerprint density at radius 1 is 1.06 bits per heavy atom. The molecular formula is C15H19NOS. The first-order valence-corrected chi connectivity index (χ1v) is 7.58. The van der Waals surface area contributed by atoms with Crippen LogP contribution in [0.25, 0.3) is 10.6 Å². The molecule has 1 aliphatic heterocycles. The molecular weight excluding hydrogens is 242 g/mol. The molecule has 0 amide bonds. The van der Waals surface area contributed by atoms with Gasteiger partial charge in [0, 0.05) is 11.4 Å². The molecule has 0 atom stereocenters. The zero-order valence-corrected chi connectivity index (χ0v) is 11.4. The van der Waals surface area contributed by atoms with Crippen LogP contribution in [0.3, 0.4) is 0 Å². The highest BCUT2D eigenvalue weighted by Crippen LogP contribution is 2.29. The lowest BCUT2D eigenvalue weighted by Gasteiger charge is -2.18. The minimum atomic E-state index is 0.988. The monoisotopic (exact) mass is 261 g/mol. The SMILES string of the molecule is c1coc(-c2ccc(CN3CCCCCC3)s2)c1. The molecule has 96 valence electrons. The van der Waals surface area contributed by atoms with Gasteiger partial charge in [-0.2, -0.15) is 0 Å². The third kappa shape index (κ3) is 2.85. The number of likely N-dealkylation sites (tertiary alicyclic amines) is 1. The predicted molar refractivity (Wildman–Crippen MR) is 75.8 cm³/mol. The summed E-state index contributed by atoms with van der Waals surface area (Å²) >= 11 is 1.86. The number of thiophene rings is 1. The summed E-state index contributed by atoms with van der Waals surface area (Å²) < 4.78 is 5.44. The number of furan rings is 1. The fourth-order valence-electron chi connectivity index (χ4n) is 2.53. The van der Waals surface area contributed by atoms with Crippen LogP contribution in [0.4, 0.5) is 0 Å². The van der Waals surface area contributed by atoms with Gasteiger partial charge in [0.15, 0.2) is 0 Å². The van der Waals surface area contributed by atoms with Crippen LogP contribution in [0.5, 0.6) is 0 Å². The van der Waals surface area contributed by atoms with Crippen molar-refractivity contribution >= 4 is 11.3 Å². The van der Waals surface area contributed by atoms with E-state index in [-0.39, 0.29) is 0 Å². The van der Waals surface area contributed by atoms with E-state index in [2.05, 4.69) is 17.0 Å². The van der Waals surface area contributed by atoms with Gasteiger partial charge in [-0.15, -0.1) is 11.3 Å². The van der Waals surface area contributed by atoms with Gasteiger partial charge in [0.1, 0.15) is 5.76 Å². The Bertz CT molecular complexity index is 466. The Balaban J connectivity index is 1.66. The smallest absolute Gasteiger partial charge is 0.143 e. The molecule has 2 nitrogen and oxygen atoms in total. The first-order chi connectivity index (χ1) is 8.92. The van der Waals surface area contributed by atoms with Crippen LogP contribution in [-0.2, 0) is 6.54 Å². The van der Waals surface area contributed by atoms with Crippen LogP contribution in [0.15, 0.2) is 34.9 Å². The van der Waals surface area contributed by atoms with Gasteiger partial charge in [-0.1, -0.05) is 12.8 Å². The minimum Gasteiger partial charge on any atom is -0.464 e. The highest BCUT2D eigenvalue weighted by atomic mass is 32.1. The number of nitrogens with zero attached hydrogens (tertiary/aromatic N) is 1. The van der Waals surface area contributed by atoms with Gasteiger partial charge < -0.3 is 4.42 Å². The Kier molecular flexibility index (Phi) is 3.81. The van der Waals surface area contributed by atoms with Crippen molar-refractivity contribution in [3.05, 3.63) is 35.4 Å². The standard InChI is InChI=1S/C15H19NOS/c1-2-4-10-16(9-3-1)12-13-7-8-15(18-13)14-6-5-11-17-14/h5-8,11H,1-4,9-10,12H2. The minimum absolute atomic E-state index is 0.988. The van der Waals surface area contributed by atoms with Gasteiger partial charge >= 0.3 is 0 Å². The fraction of sp³-hybridized carbons (Fsp3) is 0.467. The molecule has 1 aliphatic rings. The lowest BCUT2D eigenvalue weighted by atomic mass is 10.2. The maximum atomic E-state index is 5.44. The van der Waals surface area contributed by atoms with Crippen LogP contribution in [0, 0.1) is 0 Å². The molecule has 0 aliphatic carbocycles. The summed E-state index contributed by atoms with van der Waals surface area (Å²) in [6, 6.07) is 8.40. The maximum Gasteiger partial charge on any atom is 0.143 e. The summed E-state index contributed by atoms with van der Waals surface area (Å²) in [6.07, 6.45) is 7.26. The topological polar surface area (TPSA) is 16.4 Å². The first-order valence-electron chi connectivity index (χ1n) is 6.77. The van der Waals surface area contributed by atoms with Crippen LogP contribution in [0.2, 0.25) is 0 Å². The van der Waals surface area contributed by atoms with Gasteiger partial charge in [-0.25, -0.2) is 0 Å². The van der Waals surface area contributed by atoms with E-state index in [4.69, 9.17) is 4.42 Å². The summed E-state index contributed by atoms with van der Waals surface area (Å²) in [5.74, 6) is 0.988. The highest BCUT2D eigenvalue weighted by Gasteiger charge is 2.11. The molecule has 3 heteroatoms. The predicted octanol–water partition coefficient (Wildman–Crippen LogP) is 4.38. The second kappa shape index (κ2) is 5.72. The Hall–Kier alpha value is -1.06. The van der Waals surface area contributed by atoms with Crippen LogP contribution < -0.4 is 0 Å². The van der Waals surface area contributed by atoms with Gasteiger partial charge in [0.2, 0.25) is 0 Å². The van der Waals surface area contributed by atoms with E-state index in [1.165, 1.54) is 48.5 Å². The Morgan fingerprint density at radius 2 is 1.89 bits per heavy atom. The van der Waals surface area contributed by atoms with Gasteiger partial charge in [0.05, 0.1) is 11.1 Å². The number of hydrogen-bond acceptors (Lipinski definition) is 3. The second-order valence-electron chi connectivity index (χ2n) is 4.93. The summed E-state index contributed by atoms with van der Waals surface area (Å²) in [7, 11) is 0. The van der Waals surface area contributed by atoms with E-state index < -0.39 is 0 Å². The van der Waals surface area contributed by atoms with E-state index >= 15 is 0 Å². The molecule has 1 fully saturated rings. The zero-order chi connectivity index (χ0) is 12.2. The van der Waals surface area contributed by atoms with E-state index in [9.17, 15) is 0 Å². The van der Waals surface area contributed by atoms with Gasteiger partial charge in [0.25, 0.3) is 0 Å². The van der Waals surface area contributed by atoms with Gasteiger partial charge in [-0.05, 0) is 50.2 Å². The van der Waals surface area contributed by atoms with Crippen molar-refractivity contribution in [2.45, 2.75) is 32.2 Å². The molecule has 2 aromatic rings. The maximum absolute atomic E-state index is 5.44. The lowest BCUT2D eigenvalue weighted by Crippen LogP contribution is -2.23. The summed E-state index contributed by atoms with van der Waals surface area (Å²) in [6.45, 7) is 3.62. The lowest BCUT2D eigenvalue weighted by molar-refractivity contribution is 0.279. The summed E-state index contributed by atoms with van der Waals surface area (Å²) in [5, 5.41) is 0. The van der Waals surface area contributed by atoms with Crippen molar-refractivity contribution in [3.63, 3.8) is 0 Å². The Morgan fingerprint density at radius 3 is 2.61 bits per heavy atom. The number of hydrogen-bond donors (Lipinski definition) is 0. The molecule has 3 rings (SSSR count). The largest absolute Gasteiger partial charge is 0.464 e. The quantitative estimate of drug-likeness (QED) is 0.815. The first kappa shape index (κ1) is 12.0. The van der Waals surface area contributed by atoms with Crippen LogP contribution >= 0.6 is 11.3 Å². The van der Waals surface area contributed by atoms with Crippen molar-refractivity contribution < 1.29 is 4.42 Å². The molecule has 1 saturated heterocycles. The van der Waals surface area contributed by atoms with Crippen molar-refractivity contribution in [2.24, 2.45) is 0 Å². The normalized spacial score (nSPS) is 17.8. The van der Waals surface area contributed by atoms with E-state index in [0.717, 1.165) is 12.3 Å². The van der Waals surface area contributed by atoms with E-state index in [1.54, 1.807) is 6.26 Å². The second-order valence-corrected chi connectivity index (χ2v) is 6.10. The van der Waals surface area contributed by atoms with Crippen molar-refractivity contribution in [1.29, 1.82) is 0 Å². The van der Waals surface area contributed by atoms with Crippen LogP contribution in [-0.4, -0.2) is 18.0 Å². The third-order valence-corrected chi connectivity index (χ3v) is 4.59. The Labute approximate surface area is 112 Å². The zero-order valence-electron chi connectivity index (χ0n) is 10.6. The van der Waals surface area contributed by atoms with Crippen molar-refractivity contribution in [1.82, 2.24) is 4.90 Å². The molecule has 0 radical (unpaired) electrons. The molecule has 0 saturated carbocycles. The van der Waals surface area contributed by atoms with Crippen LogP contribution in [0.1, 0.15) is 30.6 Å². The summed E-state index contributed by atoms with van der Waals surface area (Å²) in [5.41, 5.74) is 0. The highest BCUT2D eigenvalue weighted by molar-refractivity contribution is 7.15. The van der Waals surface area contributed by atoms with Gasteiger partial charge in [-0.3, -0.25) is 4.90 Å². The van der Waals surface area contributed by atoms with Crippen molar-refractivity contribution in [3.8, 4) is 10.6 Å².